The number of hydrogen-bond donors (Lipinski definition) is 1. The molecule has 0 radical (unpaired) electrons. The SMILES string of the molecule is O=S(=O)(O)CCC[n+]1c(/C=C/c2ccc3ccccc3c2)ccc2ccccc21. The Morgan fingerprint density at radius 3 is 2.28 bits per heavy atom. The van der Waals surface area contributed by atoms with E-state index in [0.717, 1.165) is 22.2 Å². The second kappa shape index (κ2) is 8.15. The fourth-order valence-electron chi connectivity index (χ4n) is 3.57. The lowest BCUT2D eigenvalue weighted by molar-refractivity contribution is -0.673. The number of benzene rings is 3. The van der Waals surface area contributed by atoms with E-state index >= 15 is 0 Å². The van der Waals surface area contributed by atoms with Gasteiger partial charge in [-0.1, -0.05) is 48.5 Å². The van der Waals surface area contributed by atoms with Crippen LogP contribution in [-0.2, 0) is 16.7 Å². The summed E-state index contributed by atoms with van der Waals surface area (Å²) in [5.41, 5.74) is 3.11. The van der Waals surface area contributed by atoms with Gasteiger partial charge in [-0.2, -0.15) is 13.0 Å². The quantitative estimate of drug-likeness (QED) is 0.373. The molecule has 0 aliphatic heterocycles. The molecule has 0 aliphatic rings. The molecule has 0 atom stereocenters. The van der Waals surface area contributed by atoms with Crippen molar-refractivity contribution in [3.63, 3.8) is 0 Å². The van der Waals surface area contributed by atoms with Crippen LogP contribution in [0, 0.1) is 0 Å². The van der Waals surface area contributed by atoms with E-state index in [-0.39, 0.29) is 5.75 Å². The van der Waals surface area contributed by atoms with E-state index in [1.807, 2.05) is 48.5 Å². The third kappa shape index (κ3) is 4.70. The number of fused-ring (bicyclic) bond motifs is 2. The molecule has 0 amide bonds. The van der Waals surface area contributed by atoms with Gasteiger partial charge < -0.3 is 0 Å². The van der Waals surface area contributed by atoms with E-state index in [1.165, 1.54) is 10.8 Å². The molecule has 29 heavy (non-hydrogen) atoms. The number of hydrogen-bond acceptors (Lipinski definition) is 2. The molecule has 1 aromatic heterocycles. The van der Waals surface area contributed by atoms with E-state index in [4.69, 9.17) is 4.55 Å². The van der Waals surface area contributed by atoms with Gasteiger partial charge in [0.1, 0.15) is 0 Å². The molecule has 0 fully saturated rings. The standard InChI is InChI=1S/C24H21NO3S/c26-29(27,28)17-5-16-25-23(15-13-21-7-3-4-9-24(21)25)14-11-19-10-12-20-6-1-2-8-22(20)18-19/h1-4,6-15,18H,5,16-17H2/p+1/b14-11+. The Labute approximate surface area is 170 Å². The van der Waals surface area contributed by atoms with Crippen molar-refractivity contribution in [1.82, 2.24) is 0 Å². The lowest BCUT2D eigenvalue weighted by Crippen LogP contribution is -2.38. The molecule has 0 saturated carbocycles. The summed E-state index contributed by atoms with van der Waals surface area (Å²) in [6, 6.07) is 26.7. The van der Waals surface area contributed by atoms with Crippen molar-refractivity contribution in [3.8, 4) is 0 Å². The summed E-state index contributed by atoms with van der Waals surface area (Å²) in [4.78, 5) is 0. The minimum absolute atomic E-state index is 0.253. The van der Waals surface area contributed by atoms with Crippen molar-refractivity contribution in [1.29, 1.82) is 0 Å². The molecule has 1 N–H and O–H groups in total. The predicted octanol–water partition coefficient (Wildman–Crippen LogP) is 4.73. The highest BCUT2D eigenvalue weighted by molar-refractivity contribution is 7.85. The monoisotopic (exact) mass is 404 g/mol. The van der Waals surface area contributed by atoms with E-state index in [0.29, 0.717) is 13.0 Å². The Hall–Kier alpha value is -3.02. The maximum Gasteiger partial charge on any atom is 0.265 e. The van der Waals surface area contributed by atoms with Gasteiger partial charge in [0.25, 0.3) is 10.1 Å². The van der Waals surface area contributed by atoms with Crippen molar-refractivity contribution >= 4 is 43.9 Å². The lowest BCUT2D eigenvalue weighted by Gasteiger charge is -2.05. The number of nitrogens with zero attached hydrogens (tertiary/aromatic N) is 1. The minimum Gasteiger partial charge on any atom is -0.286 e. The molecule has 0 unspecified atom stereocenters. The summed E-state index contributed by atoms with van der Waals surface area (Å²) in [6.07, 6.45) is 4.45. The lowest BCUT2D eigenvalue weighted by atomic mass is 10.1. The Balaban J connectivity index is 1.69. The fourth-order valence-corrected chi connectivity index (χ4v) is 4.07. The summed E-state index contributed by atoms with van der Waals surface area (Å²) < 4.78 is 33.4. The molecule has 0 aliphatic carbocycles. The fraction of sp³-hybridized carbons (Fsp3) is 0.125. The molecule has 146 valence electrons. The first-order valence-corrected chi connectivity index (χ1v) is 11.1. The first kappa shape index (κ1) is 19.3. The average molecular weight is 405 g/mol. The number of aromatic nitrogens is 1. The third-order valence-electron chi connectivity index (χ3n) is 4.98. The highest BCUT2D eigenvalue weighted by Crippen LogP contribution is 2.18. The summed E-state index contributed by atoms with van der Waals surface area (Å²) in [6.45, 7) is 0.499. The molecule has 5 heteroatoms. The van der Waals surface area contributed by atoms with Crippen molar-refractivity contribution in [2.45, 2.75) is 13.0 Å². The van der Waals surface area contributed by atoms with Gasteiger partial charge in [0.2, 0.25) is 11.2 Å². The predicted molar refractivity (Wildman–Crippen MR) is 118 cm³/mol. The Morgan fingerprint density at radius 1 is 0.793 bits per heavy atom. The van der Waals surface area contributed by atoms with Gasteiger partial charge in [-0.15, -0.1) is 0 Å². The minimum atomic E-state index is -3.97. The summed E-state index contributed by atoms with van der Waals surface area (Å²) in [7, 11) is -3.97. The summed E-state index contributed by atoms with van der Waals surface area (Å²) in [5, 5.41) is 3.48. The van der Waals surface area contributed by atoms with Gasteiger partial charge in [0.05, 0.1) is 5.75 Å². The first-order valence-electron chi connectivity index (χ1n) is 9.53. The first-order chi connectivity index (χ1) is 14.0. The van der Waals surface area contributed by atoms with Crippen LogP contribution in [-0.4, -0.2) is 18.7 Å². The van der Waals surface area contributed by atoms with Crippen molar-refractivity contribution in [3.05, 3.63) is 90.1 Å². The second-order valence-electron chi connectivity index (χ2n) is 7.05. The number of rotatable bonds is 6. The van der Waals surface area contributed by atoms with Crippen LogP contribution in [0.15, 0.2) is 78.9 Å². The molecule has 0 saturated heterocycles. The van der Waals surface area contributed by atoms with Gasteiger partial charge in [0.15, 0.2) is 6.54 Å². The Kier molecular flexibility index (Phi) is 5.43. The van der Waals surface area contributed by atoms with Gasteiger partial charge in [-0.3, -0.25) is 4.55 Å². The van der Waals surface area contributed by atoms with Crippen molar-refractivity contribution < 1.29 is 17.5 Å². The zero-order valence-corrected chi connectivity index (χ0v) is 16.7. The largest absolute Gasteiger partial charge is 0.286 e. The topological polar surface area (TPSA) is 58.3 Å². The zero-order valence-electron chi connectivity index (χ0n) is 15.9. The number of pyridine rings is 1. The van der Waals surface area contributed by atoms with Crippen LogP contribution >= 0.6 is 0 Å². The summed E-state index contributed by atoms with van der Waals surface area (Å²) >= 11 is 0. The summed E-state index contributed by atoms with van der Waals surface area (Å²) in [5.74, 6) is -0.253. The maximum atomic E-state index is 11.1. The second-order valence-corrected chi connectivity index (χ2v) is 8.62. The molecule has 4 nitrogen and oxygen atoms in total. The Morgan fingerprint density at radius 2 is 1.48 bits per heavy atom. The molecule has 0 bridgehead atoms. The van der Waals surface area contributed by atoms with Crippen LogP contribution < -0.4 is 4.57 Å². The van der Waals surface area contributed by atoms with Crippen LogP contribution in [0.4, 0.5) is 0 Å². The average Bonchev–Trinajstić information content (AvgIpc) is 2.72. The van der Waals surface area contributed by atoms with Crippen molar-refractivity contribution in [2.24, 2.45) is 0 Å². The maximum absolute atomic E-state index is 11.1. The Bertz CT molecular complexity index is 1310. The molecular formula is C24H22NO3S+. The van der Waals surface area contributed by atoms with E-state index in [1.54, 1.807) is 0 Å². The van der Waals surface area contributed by atoms with Gasteiger partial charge in [-0.05, 0) is 40.6 Å². The van der Waals surface area contributed by atoms with E-state index in [9.17, 15) is 8.42 Å². The molecular weight excluding hydrogens is 382 g/mol. The molecule has 0 spiro atoms. The van der Waals surface area contributed by atoms with E-state index in [2.05, 4.69) is 47.0 Å². The number of para-hydroxylation sites is 1. The molecule has 1 heterocycles. The van der Waals surface area contributed by atoms with Crippen LogP contribution in [0.2, 0.25) is 0 Å². The van der Waals surface area contributed by atoms with Gasteiger partial charge in [0, 0.05) is 30.0 Å². The molecule has 4 aromatic rings. The number of aryl methyl sites for hydroxylation is 1. The zero-order chi connectivity index (χ0) is 20.3. The molecule has 4 rings (SSSR count). The van der Waals surface area contributed by atoms with Gasteiger partial charge in [-0.25, -0.2) is 0 Å². The highest BCUT2D eigenvalue weighted by atomic mass is 32.2. The van der Waals surface area contributed by atoms with Crippen LogP contribution in [0.5, 0.6) is 0 Å². The van der Waals surface area contributed by atoms with E-state index < -0.39 is 10.1 Å². The van der Waals surface area contributed by atoms with Crippen molar-refractivity contribution in [2.75, 3.05) is 5.75 Å². The van der Waals surface area contributed by atoms with Crippen LogP contribution in [0.25, 0.3) is 33.8 Å². The highest BCUT2D eigenvalue weighted by Gasteiger charge is 2.15. The van der Waals surface area contributed by atoms with Crippen LogP contribution in [0.1, 0.15) is 17.7 Å². The normalized spacial score (nSPS) is 12.2. The third-order valence-corrected chi connectivity index (χ3v) is 5.78. The molecule has 3 aromatic carbocycles. The van der Waals surface area contributed by atoms with Gasteiger partial charge >= 0.3 is 0 Å². The smallest absolute Gasteiger partial charge is 0.265 e. The van der Waals surface area contributed by atoms with Crippen LogP contribution in [0.3, 0.4) is 0 Å².